The molecule has 0 bridgehead atoms. The molecule has 1 unspecified atom stereocenters. The summed E-state index contributed by atoms with van der Waals surface area (Å²) in [6, 6.07) is 11.8. The van der Waals surface area contributed by atoms with Gasteiger partial charge in [0.15, 0.2) is 0 Å². The average Bonchev–Trinajstić information content (AvgIpc) is 2.93. The number of fused-ring (bicyclic) bond motifs is 2. The van der Waals surface area contributed by atoms with E-state index >= 15 is 0 Å². The van der Waals surface area contributed by atoms with Crippen LogP contribution in [0.3, 0.4) is 0 Å². The summed E-state index contributed by atoms with van der Waals surface area (Å²) >= 11 is 10.8. The van der Waals surface area contributed by atoms with E-state index in [-0.39, 0.29) is 6.10 Å². The molecule has 5 nitrogen and oxygen atoms in total. The molecule has 4 rings (SSSR count). The normalized spacial score (nSPS) is 21.4. The van der Waals surface area contributed by atoms with Gasteiger partial charge in [0.05, 0.1) is 18.4 Å². The zero-order valence-electron chi connectivity index (χ0n) is 22.6. The first-order chi connectivity index (χ1) is 18.4. The van der Waals surface area contributed by atoms with Crippen LogP contribution in [-0.4, -0.2) is 38.0 Å². The van der Waals surface area contributed by atoms with Crippen molar-refractivity contribution >= 4 is 35.8 Å². The minimum Gasteiger partial charge on any atom is -0.491 e. The molecule has 2 N–H and O–H groups in total. The first kappa shape index (κ1) is 28.8. The summed E-state index contributed by atoms with van der Waals surface area (Å²) in [6.07, 6.45) is 11.0. The summed E-state index contributed by atoms with van der Waals surface area (Å²) in [5.74, 6) is 2.72. The van der Waals surface area contributed by atoms with Crippen LogP contribution in [0.4, 0.5) is 5.69 Å². The maximum atomic E-state index is 12.1. The number of amides is 1. The number of carbonyl (C=O) groups excluding carboxylic acids is 1. The fourth-order valence-electron chi connectivity index (χ4n) is 5.54. The van der Waals surface area contributed by atoms with E-state index < -0.39 is 5.91 Å². The molecule has 206 valence electrons. The number of aryl methyl sites for hydroxylation is 1. The van der Waals surface area contributed by atoms with E-state index in [2.05, 4.69) is 48.7 Å². The number of benzene rings is 2. The van der Waals surface area contributed by atoms with Gasteiger partial charge < -0.3 is 20.1 Å². The highest BCUT2D eigenvalue weighted by molar-refractivity contribution is 7.80. The molecule has 0 saturated heterocycles. The van der Waals surface area contributed by atoms with E-state index in [1.54, 1.807) is 13.2 Å². The lowest BCUT2D eigenvalue weighted by Crippen LogP contribution is -2.38. The molecule has 1 aliphatic heterocycles. The first-order valence-electron chi connectivity index (χ1n) is 13.8. The SMILES string of the molecule is COC(/C=C/C[C@@H]1CC[C@H]1CN1Cc2ccc(Cl)cc2CCCCOc2ccc(C(N)=O)cc21)[C@H](C)CS. The van der Waals surface area contributed by atoms with Gasteiger partial charge in [-0.1, -0.05) is 36.7 Å². The fraction of sp³-hybridized carbons (Fsp3) is 0.516. The lowest BCUT2D eigenvalue weighted by molar-refractivity contribution is 0.1000. The highest BCUT2D eigenvalue weighted by atomic mass is 35.5. The number of ether oxygens (including phenoxy) is 2. The van der Waals surface area contributed by atoms with E-state index in [4.69, 9.17) is 26.8 Å². The third-order valence-corrected chi connectivity index (χ3v) is 8.94. The van der Waals surface area contributed by atoms with E-state index in [0.717, 1.165) is 61.0 Å². The van der Waals surface area contributed by atoms with Crippen molar-refractivity contribution in [3.63, 3.8) is 0 Å². The van der Waals surface area contributed by atoms with Gasteiger partial charge in [0, 0.05) is 30.8 Å². The average molecular weight is 557 g/mol. The number of nitrogens with two attached hydrogens (primary N) is 1. The van der Waals surface area contributed by atoms with Gasteiger partial charge >= 0.3 is 0 Å². The molecular formula is C31H41ClN2O3S. The largest absolute Gasteiger partial charge is 0.491 e. The Hall–Kier alpha value is -2.15. The summed E-state index contributed by atoms with van der Waals surface area (Å²) in [6.45, 7) is 4.42. The van der Waals surface area contributed by atoms with Gasteiger partial charge in [-0.15, -0.1) is 0 Å². The van der Waals surface area contributed by atoms with Crippen molar-refractivity contribution in [3.8, 4) is 5.75 Å². The zero-order chi connectivity index (χ0) is 27.1. The smallest absolute Gasteiger partial charge is 0.248 e. The van der Waals surface area contributed by atoms with Gasteiger partial charge in [-0.25, -0.2) is 0 Å². The Kier molecular flexibility index (Phi) is 10.5. The third-order valence-electron chi connectivity index (χ3n) is 8.13. The second-order valence-electron chi connectivity index (χ2n) is 10.8. The number of hydrogen-bond acceptors (Lipinski definition) is 5. The van der Waals surface area contributed by atoms with Crippen LogP contribution in [0.25, 0.3) is 0 Å². The molecule has 38 heavy (non-hydrogen) atoms. The lowest BCUT2D eigenvalue weighted by atomic mass is 9.71. The molecule has 4 atom stereocenters. The number of primary amides is 1. The van der Waals surface area contributed by atoms with E-state index in [9.17, 15) is 4.79 Å². The molecule has 0 aromatic heterocycles. The van der Waals surface area contributed by atoms with Crippen molar-refractivity contribution in [2.75, 3.05) is 30.9 Å². The molecule has 1 amide bonds. The highest BCUT2D eigenvalue weighted by Crippen LogP contribution is 2.41. The molecule has 1 heterocycles. The Bertz CT molecular complexity index is 1120. The Labute approximate surface area is 238 Å². The number of allylic oxidation sites excluding steroid dienone is 1. The first-order valence-corrected chi connectivity index (χ1v) is 14.8. The molecular weight excluding hydrogens is 516 g/mol. The minimum atomic E-state index is -0.427. The van der Waals surface area contributed by atoms with Crippen molar-refractivity contribution in [1.82, 2.24) is 0 Å². The molecule has 1 aliphatic carbocycles. The van der Waals surface area contributed by atoms with Crippen LogP contribution >= 0.6 is 24.2 Å². The number of carbonyl (C=O) groups is 1. The Morgan fingerprint density at radius 1 is 1.21 bits per heavy atom. The molecule has 0 radical (unpaired) electrons. The van der Waals surface area contributed by atoms with Gasteiger partial charge in [0.1, 0.15) is 5.75 Å². The third kappa shape index (κ3) is 7.28. The van der Waals surface area contributed by atoms with Gasteiger partial charge in [0.25, 0.3) is 0 Å². The number of rotatable bonds is 9. The van der Waals surface area contributed by atoms with E-state index in [1.165, 1.54) is 24.0 Å². The predicted molar refractivity (Wildman–Crippen MR) is 160 cm³/mol. The predicted octanol–water partition coefficient (Wildman–Crippen LogP) is 6.71. The van der Waals surface area contributed by atoms with Gasteiger partial charge in [-0.2, -0.15) is 12.6 Å². The van der Waals surface area contributed by atoms with E-state index in [1.807, 2.05) is 18.2 Å². The fourth-order valence-corrected chi connectivity index (χ4v) is 5.94. The monoisotopic (exact) mass is 556 g/mol. The van der Waals surface area contributed by atoms with Crippen molar-refractivity contribution in [2.24, 2.45) is 23.5 Å². The number of hydrogen-bond donors (Lipinski definition) is 2. The molecule has 2 aromatic carbocycles. The molecule has 1 saturated carbocycles. The second-order valence-corrected chi connectivity index (χ2v) is 11.6. The lowest BCUT2D eigenvalue weighted by Gasteiger charge is -2.41. The summed E-state index contributed by atoms with van der Waals surface area (Å²) in [7, 11) is 1.76. The zero-order valence-corrected chi connectivity index (χ0v) is 24.2. The van der Waals surface area contributed by atoms with Crippen LogP contribution in [0.5, 0.6) is 5.75 Å². The second kappa shape index (κ2) is 13.8. The summed E-state index contributed by atoms with van der Waals surface area (Å²) in [4.78, 5) is 14.5. The van der Waals surface area contributed by atoms with Gasteiger partial charge in [-0.05, 0) is 103 Å². The summed E-state index contributed by atoms with van der Waals surface area (Å²) < 4.78 is 11.9. The quantitative estimate of drug-likeness (QED) is 0.266. The van der Waals surface area contributed by atoms with Crippen LogP contribution < -0.4 is 15.4 Å². The van der Waals surface area contributed by atoms with Crippen molar-refractivity contribution < 1.29 is 14.3 Å². The Balaban J connectivity index is 1.60. The molecule has 2 aromatic rings. The Morgan fingerprint density at radius 2 is 2.03 bits per heavy atom. The van der Waals surface area contributed by atoms with Crippen LogP contribution in [0, 0.1) is 17.8 Å². The standard InChI is InChI=1S/C31H41ClN2O3S/c1-21(20-38)29(36-2)8-5-7-22-9-10-25(22)18-34-19-26-11-13-27(32)16-23(26)6-3-4-15-37-30-14-12-24(31(33)35)17-28(30)34/h5,8,11-14,16-17,21-22,25,29,38H,3-4,6-7,9-10,15,18-20H2,1-2H3,(H2,33,35)/b8-5+/t21-,22-,25+,29?/m1/s1. The van der Waals surface area contributed by atoms with Crippen molar-refractivity contribution in [1.29, 1.82) is 0 Å². The minimum absolute atomic E-state index is 0.0941. The van der Waals surface area contributed by atoms with Crippen molar-refractivity contribution in [3.05, 3.63) is 70.3 Å². The van der Waals surface area contributed by atoms with Gasteiger partial charge in [0.2, 0.25) is 5.91 Å². The van der Waals surface area contributed by atoms with Crippen LogP contribution in [-0.2, 0) is 17.7 Å². The van der Waals surface area contributed by atoms with Crippen LogP contribution in [0.15, 0.2) is 48.6 Å². The molecule has 2 aliphatic rings. The number of anilines is 1. The van der Waals surface area contributed by atoms with E-state index in [0.29, 0.717) is 29.9 Å². The number of thiol groups is 1. The molecule has 1 fully saturated rings. The van der Waals surface area contributed by atoms with Gasteiger partial charge in [-0.3, -0.25) is 4.79 Å². The molecule has 0 spiro atoms. The number of nitrogens with zero attached hydrogens (tertiary/aromatic N) is 1. The number of halogens is 1. The maximum absolute atomic E-state index is 12.1. The summed E-state index contributed by atoms with van der Waals surface area (Å²) in [5, 5.41) is 0.769. The van der Waals surface area contributed by atoms with Crippen molar-refractivity contribution in [2.45, 2.75) is 58.1 Å². The highest BCUT2D eigenvalue weighted by Gasteiger charge is 2.32. The number of methoxy groups -OCH3 is 1. The molecule has 7 heteroatoms. The maximum Gasteiger partial charge on any atom is 0.248 e. The van der Waals surface area contributed by atoms with Crippen LogP contribution in [0.2, 0.25) is 5.02 Å². The van der Waals surface area contributed by atoms with Crippen LogP contribution in [0.1, 0.15) is 60.5 Å². The Morgan fingerprint density at radius 3 is 2.74 bits per heavy atom. The topological polar surface area (TPSA) is 64.8 Å². The summed E-state index contributed by atoms with van der Waals surface area (Å²) in [5.41, 5.74) is 9.68.